The highest BCUT2D eigenvalue weighted by molar-refractivity contribution is 5.95. The van der Waals surface area contributed by atoms with Crippen LogP contribution >= 0.6 is 0 Å². The molecule has 29 heavy (non-hydrogen) atoms. The fourth-order valence-electron chi connectivity index (χ4n) is 2.59. The van der Waals surface area contributed by atoms with Crippen molar-refractivity contribution in [2.24, 2.45) is 0 Å². The Morgan fingerprint density at radius 3 is 2.14 bits per heavy atom. The minimum Gasteiger partial charge on any atom is -0.464 e. The van der Waals surface area contributed by atoms with E-state index in [0.29, 0.717) is 0 Å². The van der Waals surface area contributed by atoms with Crippen molar-refractivity contribution in [2.45, 2.75) is 0 Å². The van der Waals surface area contributed by atoms with Crippen LogP contribution in [0.1, 0.15) is 20.7 Å². The van der Waals surface area contributed by atoms with Crippen LogP contribution in [0, 0.1) is 0 Å². The maximum absolute atomic E-state index is 12.4. The van der Waals surface area contributed by atoms with Crippen LogP contribution < -0.4 is 14.9 Å². The van der Waals surface area contributed by atoms with Crippen LogP contribution in [0.4, 0.5) is 0 Å². The van der Waals surface area contributed by atoms with E-state index in [-0.39, 0.29) is 33.6 Å². The number of hydrogen-bond donors (Lipinski definition) is 0. The summed E-state index contributed by atoms with van der Waals surface area (Å²) >= 11 is 0. The van der Waals surface area contributed by atoms with Gasteiger partial charge in [-0.25, -0.2) is 9.59 Å². The van der Waals surface area contributed by atoms with E-state index in [4.69, 9.17) is 13.9 Å². The quantitative estimate of drug-likeness (QED) is 0.388. The molecular formula is C21H12N2O6. The van der Waals surface area contributed by atoms with Crippen molar-refractivity contribution >= 4 is 22.9 Å². The zero-order chi connectivity index (χ0) is 20.2. The molecular weight excluding hydrogens is 376 g/mol. The third-order valence-corrected chi connectivity index (χ3v) is 3.91. The highest BCUT2D eigenvalue weighted by Gasteiger charge is 2.18. The molecule has 0 radical (unpaired) electrons. The molecule has 0 unspecified atom stereocenters. The summed E-state index contributed by atoms with van der Waals surface area (Å²) in [6.07, 6.45) is 6.92. The average molecular weight is 388 g/mol. The summed E-state index contributed by atoms with van der Waals surface area (Å²) in [5.74, 6) is -1.45. The van der Waals surface area contributed by atoms with Gasteiger partial charge >= 0.3 is 11.9 Å². The largest absolute Gasteiger partial charge is 0.464 e. The lowest BCUT2D eigenvalue weighted by molar-refractivity contribution is 0.0733. The summed E-state index contributed by atoms with van der Waals surface area (Å²) in [5, 5.41) is 0.0471. The van der Waals surface area contributed by atoms with Crippen molar-refractivity contribution in [3.8, 4) is 11.5 Å². The number of ether oxygens (including phenoxy) is 2. The van der Waals surface area contributed by atoms with Gasteiger partial charge in [0.15, 0.2) is 5.43 Å². The van der Waals surface area contributed by atoms with Crippen LogP contribution in [0.2, 0.25) is 0 Å². The predicted octanol–water partition coefficient (Wildman–Crippen LogP) is 3.02. The van der Waals surface area contributed by atoms with E-state index in [1.807, 2.05) is 0 Å². The third-order valence-electron chi connectivity index (χ3n) is 3.91. The summed E-state index contributed by atoms with van der Waals surface area (Å²) in [5.41, 5.74) is 0.114. The van der Waals surface area contributed by atoms with Gasteiger partial charge in [-0.15, -0.1) is 0 Å². The molecule has 3 aromatic heterocycles. The smallest absolute Gasteiger partial charge is 0.345 e. The lowest BCUT2D eigenvalue weighted by atomic mass is 10.2. The van der Waals surface area contributed by atoms with Crippen molar-refractivity contribution in [1.29, 1.82) is 0 Å². The Morgan fingerprint density at radius 1 is 0.862 bits per heavy atom. The third kappa shape index (κ3) is 3.86. The first-order valence-corrected chi connectivity index (χ1v) is 8.42. The lowest BCUT2D eigenvalue weighted by Gasteiger charge is -2.10. The Kier molecular flexibility index (Phi) is 4.81. The van der Waals surface area contributed by atoms with Crippen molar-refractivity contribution in [3.05, 3.63) is 94.9 Å². The Labute approximate surface area is 163 Å². The van der Waals surface area contributed by atoms with E-state index in [1.54, 1.807) is 18.2 Å². The number of benzene rings is 1. The molecule has 0 atom stereocenters. The Bertz CT molecular complexity index is 1250. The molecule has 4 aromatic rings. The first-order chi connectivity index (χ1) is 14.1. The van der Waals surface area contributed by atoms with Crippen LogP contribution in [0.15, 0.2) is 82.7 Å². The number of rotatable bonds is 4. The van der Waals surface area contributed by atoms with E-state index in [9.17, 15) is 14.4 Å². The second-order valence-electron chi connectivity index (χ2n) is 5.84. The molecule has 0 saturated carbocycles. The van der Waals surface area contributed by atoms with Crippen molar-refractivity contribution < 1.29 is 23.5 Å². The molecule has 8 heteroatoms. The second kappa shape index (κ2) is 7.73. The number of pyridine rings is 2. The normalized spacial score (nSPS) is 10.5. The Hall–Kier alpha value is -4.33. The van der Waals surface area contributed by atoms with E-state index >= 15 is 0 Å². The number of hydrogen-bond acceptors (Lipinski definition) is 8. The molecule has 0 saturated heterocycles. The maximum Gasteiger partial charge on any atom is 0.345 e. The summed E-state index contributed by atoms with van der Waals surface area (Å²) in [6, 6.07) is 10.1. The average Bonchev–Trinajstić information content (AvgIpc) is 2.75. The fraction of sp³-hybridized carbons (Fsp3) is 0. The minimum absolute atomic E-state index is 0.0367. The summed E-state index contributed by atoms with van der Waals surface area (Å²) < 4.78 is 16.1. The monoisotopic (exact) mass is 388 g/mol. The van der Waals surface area contributed by atoms with Gasteiger partial charge in [-0.1, -0.05) is 0 Å². The van der Waals surface area contributed by atoms with Gasteiger partial charge in [-0.05, 0) is 24.3 Å². The molecule has 3 heterocycles. The topological polar surface area (TPSA) is 109 Å². The Morgan fingerprint density at radius 2 is 1.52 bits per heavy atom. The Balaban J connectivity index is 1.73. The van der Waals surface area contributed by atoms with Gasteiger partial charge in [0, 0.05) is 43.0 Å². The van der Waals surface area contributed by atoms with Crippen LogP contribution in [0.5, 0.6) is 11.5 Å². The van der Waals surface area contributed by atoms with Crippen molar-refractivity contribution in [1.82, 2.24) is 9.97 Å². The van der Waals surface area contributed by atoms with Crippen LogP contribution in [0.3, 0.4) is 0 Å². The molecule has 0 amide bonds. The molecule has 0 aliphatic rings. The fourth-order valence-corrected chi connectivity index (χ4v) is 2.59. The number of fused-ring (bicyclic) bond motifs is 1. The van der Waals surface area contributed by atoms with Crippen LogP contribution in [-0.2, 0) is 0 Å². The highest BCUT2D eigenvalue weighted by atomic mass is 16.5. The number of carbonyl (C=O) groups excluding carboxylic acids is 2. The molecule has 0 bridgehead atoms. The van der Waals surface area contributed by atoms with Crippen LogP contribution in [-0.4, -0.2) is 21.9 Å². The first-order valence-electron chi connectivity index (χ1n) is 8.42. The zero-order valence-electron chi connectivity index (χ0n) is 14.8. The number of nitrogens with zero attached hydrogens (tertiary/aromatic N) is 2. The van der Waals surface area contributed by atoms with Gasteiger partial charge < -0.3 is 13.9 Å². The molecule has 1 aromatic carbocycles. The predicted molar refractivity (Wildman–Crippen MR) is 101 cm³/mol. The lowest BCUT2D eigenvalue weighted by Crippen LogP contribution is -2.12. The van der Waals surface area contributed by atoms with Gasteiger partial charge in [0.25, 0.3) is 0 Å². The highest BCUT2D eigenvalue weighted by Crippen LogP contribution is 2.30. The molecule has 0 fully saturated rings. The van der Waals surface area contributed by atoms with E-state index in [2.05, 4.69) is 9.97 Å². The molecule has 4 rings (SSSR count). The summed E-state index contributed by atoms with van der Waals surface area (Å²) in [4.78, 5) is 44.7. The molecule has 0 aliphatic carbocycles. The van der Waals surface area contributed by atoms with Gasteiger partial charge in [0.1, 0.15) is 22.5 Å². The van der Waals surface area contributed by atoms with Crippen molar-refractivity contribution in [2.75, 3.05) is 0 Å². The van der Waals surface area contributed by atoms with Gasteiger partial charge in [-0.3, -0.25) is 14.8 Å². The number of carbonyl (C=O) groups is 2. The van der Waals surface area contributed by atoms with Crippen LogP contribution in [0.25, 0.3) is 11.0 Å². The van der Waals surface area contributed by atoms with Gasteiger partial charge in [0.05, 0.1) is 17.4 Å². The molecule has 142 valence electrons. The maximum atomic E-state index is 12.4. The summed E-state index contributed by atoms with van der Waals surface area (Å²) in [7, 11) is 0. The van der Waals surface area contributed by atoms with E-state index < -0.39 is 17.4 Å². The standard InChI is InChI=1S/C21H12N2O6/c24-16-5-8-27-17-9-15(28-20(25)13-3-1-6-22-11-13)10-18(19(16)17)29-21(26)14-4-2-7-23-12-14/h1-12H. The van der Waals surface area contributed by atoms with E-state index in [0.717, 1.165) is 0 Å². The molecule has 0 aliphatic heterocycles. The molecule has 0 N–H and O–H groups in total. The van der Waals surface area contributed by atoms with Gasteiger partial charge in [-0.2, -0.15) is 0 Å². The first kappa shape index (κ1) is 18.1. The molecule has 0 spiro atoms. The summed E-state index contributed by atoms with van der Waals surface area (Å²) in [6.45, 7) is 0. The van der Waals surface area contributed by atoms with E-state index in [1.165, 1.54) is 55.3 Å². The number of aromatic nitrogens is 2. The van der Waals surface area contributed by atoms with Crippen molar-refractivity contribution in [3.63, 3.8) is 0 Å². The second-order valence-corrected chi connectivity index (χ2v) is 5.84. The number of esters is 2. The SMILES string of the molecule is O=C(Oc1cc(OC(=O)c2cccnc2)c2c(=O)ccoc2c1)c1cccnc1. The van der Waals surface area contributed by atoms with Gasteiger partial charge in [0.2, 0.25) is 0 Å². The molecule has 8 nitrogen and oxygen atoms in total. The zero-order valence-corrected chi connectivity index (χ0v) is 14.8. The minimum atomic E-state index is -0.724.